The van der Waals surface area contributed by atoms with E-state index in [0.29, 0.717) is 10.0 Å². The highest BCUT2D eigenvalue weighted by atomic mass is 79.9. The number of nitrogens with zero attached hydrogens (tertiary/aromatic N) is 1. The smallest absolute Gasteiger partial charge is 0.147 e. The number of likely N-dealkylation sites (tertiary alicyclic amines) is 1. The number of benzene rings is 1. The Morgan fingerprint density at radius 3 is 2.43 bits per heavy atom. The Balaban J connectivity index is 2.43. The van der Waals surface area contributed by atoms with Crippen molar-refractivity contribution in [2.75, 3.05) is 13.1 Å². The standard InChI is InChI=1S/C16H23BrClFN2/c1-3-16(4-2,21-9-5-6-10-21)15(20)11-7-8-12(17)13(18)14(11)19/h7-8,15H,3-6,9-10,20H2,1-2H3. The molecule has 0 aromatic heterocycles. The van der Waals surface area contributed by atoms with E-state index >= 15 is 0 Å². The number of nitrogens with two attached hydrogens (primary N) is 1. The fraction of sp³-hybridized carbons (Fsp3) is 0.625. The fourth-order valence-corrected chi connectivity index (χ4v) is 4.05. The lowest BCUT2D eigenvalue weighted by molar-refractivity contribution is 0.0754. The van der Waals surface area contributed by atoms with Crippen LogP contribution in [-0.2, 0) is 0 Å². The molecule has 2 N–H and O–H groups in total. The maximum Gasteiger partial charge on any atom is 0.147 e. The Morgan fingerprint density at radius 1 is 1.33 bits per heavy atom. The van der Waals surface area contributed by atoms with Gasteiger partial charge in [-0.3, -0.25) is 4.90 Å². The van der Waals surface area contributed by atoms with Crippen LogP contribution < -0.4 is 5.73 Å². The maximum atomic E-state index is 14.5. The lowest BCUT2D eigenvalue weighted by Gasteiger charge is -2.45. The van der Waals surface area contributed by atoms with Crippen molar-refractivity contribution in [1.82, 2.24) is 4.90 Å². The zero-order valence-electron chi connectivity index (χ0n) is 12.6. The van der Waals surface area contributed by atoms with E-state index in [1.165, 1.54) is 12.8 Å². The quantitative estimate of drug-likeness (QED) is 0.740. The van der Waals surface area contributed by atoms with Gasteiger partial charge in [0.05, 0.1) is 11.1 Å². The highest BCUT2D eigenvalue weighted by Crippen LogP contribution is 2.40. The minimum Gasteiger partial charge on any atom is -0.322 e. The molecule has 0 radical (unpaired) electrons. The highest BCUT2D eigenvalue weighted by molar-refractivity contribution is 9.10. The van der Waals surface area contributed by atoms with Crippen LogP contribution in [0.15, 0.2) is 16.6 Å². The minimum absolute atomic E-state index is 0.116. The molecule has 1 aliphatic rings. The number of halogens is 3. The van der Waals surface area contributed by atoms with E-state index in [4.69, 9.17) is 17.3 Å². The molecule has 118 valence electrons. The van der Waals surface area contributed by atoms with E-state index < -0.39 is 5.82 Å². The van der Waals surface area contributed by atoms with Crippen LogP contribution in [0.25, 0.3) is 0 Å². The molecule has 0 bridgehead atoms. The summed E-state index contributed by atoms with van der Waals surface area (Å²) >= 11 is 9.29. The Morgan fingerprint density at radius 2 is 1.90 bits per heavy atom. The Kier molecular flexibility index (Phi) is 5.69. The molecule has 0 aliphatic carbocycles. The van der Waals surface area contributed by atoms with Crippen molar-refractivity contribution < 1.29 is 4.39 Å². The Hall–Kier alpha value is -0.160. The zero-order chi connectivity index (χ0) is 15.6. The molecule has 5 heteroatoms. The van der Waals surface area contributed by atoms with Crippen LogP contribution >= 0.6 is 27.5 Å². The van der Waals surface area contributed by atoms with Crippen LogP contribution in [-0.4, -0.2) is 23.5 Å². The first-order valence-corrected chi connectivity index (χ1v) is 8.79. The number of hydrogen-bond acceptors (Lipinski definition) is 2. The third-order valence-electron chi connectivity index (χ3n) is 4.94. The lowest BCUT2D eigenvalue weighted by atomic mass is 9.79. The summed E-state index contributed by atoms with van der Waals surface area (Å²) in [6.07, 6.45) is 4.19. The molecule has 0 spiro atoms. The molecule has 21 heavy (non-hydrogen) atoms. The van der Waals surface area contributed by atoms with Crippen LogP contribution in [0.1, 0.15) is 51.1 Å². The van der Waals surface area contributed by atoms with Crippen LogP contribution in [0.4, 0.5) is 4.39 Å². The van der Waals surface area contributed by atoms with Crippen LogP contribution in [0, 0.1) is 5.82 Å². The van der Waals surface area contributed by atoms with Crippen molar-refractivity contribution in [3.8, 4) is 0 Å². The Labute approximate surface area is 140 Å². The average Bonchev–Trinajstić information content (AvgIpc) is 3.01. The predicted molar refractivity (Wildman–Crippen MR) is 90.2 cm³/mol. The molecule has 1 unspecified atom stereocenters. The number of hydrogen-bond donors (Lipinski definition) is 1. The molecule has 0 saturated carbocycles. The molecule has 1 atom stereocenters. The topological polar surface area (TPSA) is 29.3 Å². The molecule has 1 fully saturated rings. The van der Waals surface area contributed by atoms with Crippen molar-refractivity contribution in [2.45, 2.75) is 51.1 Å². The normalized spacial score (nSPS) is 18.2. The minimum atomic E-state index is -0.399. The largest absolute Gasteiger partial charge is 0.322 e. The van der Waals surface area contributed by atoms with Crippen LogP contribution in [0.2, 0.25) is 5.02 Å². The van der Waals surface area contributed by atoms with Gasteiger partial charge in [0.25, 0.3) is 0 Å². The van der Waals surface area contributed by atoms with Crippen molar-refractivity contribution in [3.05, 3.63) is 33.0 Å². The van der Waals surface area contributed by atoms with Gasteiger partial charge in [-0.15, -0.1) is 0 Å². The third-order valence-corrected chi connectivity index (χ3v) is 6.20. The van der Waals surface area contributed by atoms with Gasteiger partial charge in [0.2, 0.25) is 0 Å². The highest BCUT2D eigenvalue weighted by Gasteiger charge is 2.42. The van der Waals surface area contributed by atoms with Crippen molar-refractivity contribution >= 4 is 27.5 Å². The van der Waals surface area contributed by atoms with Gasteiger partial charge in [-0.2, -0.15) is 0 Å². The third kappa shape index (κ3) is 3.00. The molecule has 2 rings (SSSR count). The molecule has 1 aliphatic heterocycles. The molecule has 0 amide bonds. The molecule has 1 aromatic carbocycles. The zero-order valence-corrected chi connectivity index (χ0v) is 15.0. The van der Waals surface area contributed by atoms with Gasteiger partial charge in [0.1, 0.15) is 5.82 Å². The summed E-state index contributed by atoms with van der Waals surface area (Å²) in [5.41, 5.74) is 6.85. The van der Waals surface area contributed by atoms with E-state index in [1.54, 1.807) is 12.1 Å². The summed E-state index contributed by atoms with van der Waals surface area (Å²) in [7, 11) is 0. The van der Waals surface area contributed by atoms with E-state index in [-0.39, 0.29) is 16.6 Å². The maximum absolute atomic E-state index is 14.5. The summed E-state index contributed by atoms with van der Waals surface area (Å²) in [4.78, 5) is 2.44. The second kappa shape index (κ2) is 6.95. The second-order valence-corrected chi connectivity index (χ2v) is 6.98. The van der Waals surface area contributed by atoms with Gasteiger partial charge in [-0.1, -0.05) is 31.5 Å². The average molecular weight is 378 g/mol. The Bertz CT molecular complexity index is 499. The van der Waals surface area contributed by atoms with Crippen molar-refractivity contribution in [1.29, 1.82) is 0 Å². The first-order valence-electron chi connectivity index (χ1n) is 7.62. The van der Waals surface area contributed by atoms with E-state index in [2.05, 4.69) is 34.7 Å². The summed E-state index contributed by atoms with van der Waals surface area (Å²) in [5.74, 6) is -0.399. The van der Waals surface area contributed by atoms with Gasteiger partial charge >= 0.3 is 0 Å². The van der Waals surface area contributed by atoms with Crippen LogP contribution in [0.3, 0.4) is 0 Å². The van der Waals surface area contributed by atoms with E-state index in [1.807, 2.05) is 0 Å². The summed E-state index contributed by atoms with van der Waals surface area (Å²) < 4.78 is 15.1. The molecular formula is C16H23BrClFN2. The summed E-state index contributed by atoms with van der Waals surface area (Å²) in [6, 6.07) is 3.16. The van der Waals surface area contributed by atoms with Gasteiger partial charge < -0.3 is 5.73 Å². The molecule has 1 aromatic rings. The molecular weight excluding hydrogens is 355 g/mol. The van der Waals surface area contributed by atoms with Crippen molar-refractivity contribution in [3.63, 3.8) is 0 Å². The summed E-state index contributed by atoms with van der Waals surface area (Å²) in [5, 5.41) is 0.116. The second-order valence-electron chi connectivity index (χ2n) is 5.75. The first-order chi connectivity index (χ1) is 9.97. The van der Waals surface area contributed by atoms with Crippen molar-refractivity contribution in [2.24, 2.45) is 5.73 Å². The summed E-state index contributed by atoms with van der Waals surface area (Å²) in [6.45, 7) is 6.36. The van der Waals surface area contributed by atoms with Gasteiger partial charge in [0.15, 0.2) is 0 Å². The van der Waals surface area contributed by atoms with Crippen LogP contribution in [0.5, 0.6) is 0 Å². The molecule has 2 nitrogen and oxygen atoms in total. The monoisotopic (exact) mass is 376 g/mol. The lowest BCUT2D eigenvalue weighted by Crippen LogP contribution is -2.54. The van der Waals surface area contributed by atoms with E-state index in [0.717, 1.165) is 25.9 Å². The SMILES string of the molecule is CCC(CC)(C(N)c1ccc(Br)c(Cl)c1F)N1CCCC1. The van der Waals surface area contributed by atoms with E-state index in [9.17, 15) is 4.39 Å². The molecule has 1 heterocycles. The first kappa shape index (κ1) is 17.2. The molecule has 1 saturated heterocycles. The fourth-order valence-electron chi connectivity index (χ4n) is 3.57. The van der Waals surface area contributed by atoms with Gasteiger partial charge in [-0.05, 0) is 60.8 Å². The predicted octanol–water partition coefficient (Wildman–Crippen LogP) is 4.90. The number of rotatable bonds is 5. The van der Waals surface area contributed by atoms with Gasteiger partial charge in [0, 0.05) is 15.6 Å². The van der Waals surface area contributed by atoms with Gasteiger partial charge in [-0.25, -0.2) is 4.39 Å².